The third-order valence-corrected chi connectivity index (χ3v) is 5.34. The fourth-order valence-corrected chi connectivity index (χ4v) is 4.01. The fraction of sp³-hybridized carbons (Fsp3) is 0.476. The molecule has 1 aliphatic carbocycles. The Hall–Kier alpha value is -1.91. The highest BCUT2D eigenvalue weighted by molar-refractivity contribution is 5.94. The lowest BCUT2D eigenvalue weighted by Crippen LogP contribution is -2.35. The zero-order valence-corrected chi connectivity index (χ0v) is 15.3. The number of likely N-dealkylation sites (N-methyl/N-ethyl adjacent to an activating group) is 1. The van der Waals surface area contributed by atoms with Gasteiger partial charge in [0.2, 0.25) is 0 Å². The third-order valence-electron chi connectivity index (χ3n) is 5.34. The van der Waals surface area contributed by atoms with Crippen molar-refractivity contribution in [3.8, 4) is 0 Å². The molecule has 0 amide bonds. The Morgan fingerprint density at radius 3 is 2.80 bits per heavy atom. The Kier molecular flexibility index (Phi) is 4.73. The predicted molar refractivity (Wildman–Crippen MR) is 105 cm³/mol. The summed E-state index contributed by atoms with van der Waals surface area (Å²) in [4.78, 5) is 6.60. The van der Waals surface area contributed by atoms with Crippen molar-refractivity contribution >= 4 is 16.5 Å². The first-order chi connectivity index (χ1) is 12.2. The van der Waals surface area contributed by atoms with Gasteiger partial charge in [0.25, 0.3) is 0 Å². The number of aromatic nitrogens is 1. The van der Waals surface area contributed by atoms with Crippen molar-refractivity contribution < 1.29 is 0 Å². The maximum absolute atomic E-state index is 4.35. The monoisotopic (exact) mass is 336 g/mol. The first-order valence-corrected chi connectivity index (χ1v) is 9.38. The molecule has 4 heteroatoms. The smallest absolute Gasteiger partial charge is 0.0440 e. The van der Waals surface area contributed by atoms with Gasteiger partial charge in [-0.2, -0.15) is 0 Å². The second-order valence-corrected chi connectivity index (χ2v) is 7.71. The van der Waals surface area contributed by atoms with Crippen molar-refractivity contribution in [3.05, 3.63) is 47.8 Å². The Morgan fingerprint density at radius 1 is 1.24 bits per heavy atom. The van der Waals surface area contributed by atoms with E-state index in [2.05, 4.69) is 58.9 Å². The SMILES string of the molecule is CN(C)CC1=CC(c2cc(NC3CCNCC3)c3cnccc3c2)C1. The summed E-state index contributed by atoms with van der Waals surface area (Å²) < 4.78 is 0. The topological polar surface area (TPSA) is 40.2 Å². The third kappa shape index (κ3) is 3.70. The zero-order valence-electron chi connectivity index (χ0n) is 15.3. The van der Waals surface area contributed by atoms with E-state index in [4.69, 9.17) is 0 Å². The molecule has 4 rings (SSSR count). The number of pyridine rings is 1. The standard InChI is InChI=1S/C21H28N4/c1-25(2)14-15-9-17(10-15)18-11-16-3-6-23-13-20(16)21(12-18)24-19-4-7-22-8-5-19/h3,6,9,11-13,17,19,22,24H,4-5,7-8,10,14H2,1-2H3. The number of nitrogens with zero attached hydrogens (tertiary/aromatic N) is 2. The van der Waals surface area contributed by atoms with Gasteiger partial charge in [0, 0.05) is 42.0 Å². The average molecular weight is 336 g/mol. The Morgan fingerprint density at radius 2 is 2.04 bits per heavy atom. The number of anilines is 1. The molecule has 1 aliphatic heterocycles. The molecule has 2 N–H and O–H groups in total. The summed E-state index contributed by atoms with van der Waals surface area (Å²) in [6, 6.07) is 7.40. The fourth-order valence-electron chi connectivity index (χ4n) is 4.01. The van der Waals surface area contributed by atoms with Crippen LogP contribution in [0.2, 0.25) is 0 Å². The van der Waals surface area contributed by atoms with Crippen LogP contribution in [0.3, 0.4) is 0 Å². The minimum absolute atomic E-state index is 0.557. The average Bonchev–Trinajstić information content (AvgIpc) is 2.58. The minimum Gasteiger partial charge on any atom is -0.382 e. The normalized spacial score (nSPS) is 21.2. The van der Waals surface area contributed by atoms with E-state index in [-0.39, 0.29) is 0 Å². The number of benzene rings is 1. The molecule has 0 spiro atoms. The number of hydrogen-bond acceptors (Lipinski definition) is 4. The van der Waals surface area contributed by atoms with Crippen molar-refractivity contribution in [2.75, 3.05) is 39.0 Å². The van der Waals surface area contributed by atoms with Gasteiger partial charge in [-0.05, 0) is 69.5 Å². The quantitative estimate of drug-likeness (QED) is 0.821. The summed E-state index contributed by atoms with van der Waals surface area (Å²) in [5, 5.41) is 9.77. The maximum Gasteiger partial charge on any atom is 0.0440 e. The summed E-state index contributed by atoms with van der Waals surface area (Å²) in [5.74, 6) is 0.557. The van der Waals surface area contributed by atoms with Crippen LogP contribution in [-0.4, -0.2) is 49.7 Å². The molecule has 1 aromatic carbocycles. The molecule has 2 aromatic rings. The zero-order chi connectivity index (χ0) is 17.2. The second-order valence-electron chi connectivity index (χ2n) is 7.71. The molecule has 1 fully saturated rings. The van der Waals surface area contributed by atoms with E-state index in [1.54, 1.807) is 5.57 Å². The highest BCUT2D eigenvalue weighted by Gasteiger charge is 2.23. The van der Waals surface area contributed by atoms with Crippen LogP contribution in [0.4, 0.5) is 5.69 Å². The summed E-state index contributed by atoms with van der Waals surface area (Å²) in [6.07, 6.45) is 9.88. The summed E-state index contributed by atoms with van der Waals surface area (Å²) >= 11 is 0. The van der Waals surface area contributed by atoms with Crippen molar-refractivity contribution in [2.45, 2.75) is 31.2 Å². The minimum atomic E-state index is 0.557. The Balaban J connectivity index is 1.61. The molecule has 1 atom stereocenters. The van der Waals surface area contributed by atoms with Crippen LogP contribution in [0.25, 0.3) is 10.8 Å². The molecule has 1 saturated heterocycles. The lowest BCUT2D eigenvalue weighted by molar-refractivity contribution is 0.427. The van der Waals surface area contributed by atoms with E-state index in [0.29, 0.717) is 12.0 Å². The lowest BCUT2D eigenvalue weighted by atomic mass is 9.80. The molecule has 25 heavy (non-hydrogen) atoms. The van der Waals surface area contributed by atoms with Crippen LogP contribution < -0.4 is 10.6 Å². The van der Waals surface area contributed by atoms with E-state index in [9.17, 15) is 0 Å². The van der Waals surface area contributed by atoms with Gasteiger partial charge in [0.05, 0.1) is 0 Å². The summed E-state index contributed by atoms with van der Waals surface area (Å²) in [5.41, 5.74) is 4.23. The number of hydrogen-bond donors (Lipinski definition) is 2. The van der Waals surface area contributed by atoms with Gasteiger partial charge in [0.1, 0.15) is 0 Å². The number of allylic oxidation sites excluding steroid dienone is 1. The van der Waals surface area contributed by atoms with Gasteiger partial charge < -0.3 is 15.5 Å². The van der Waals surface area contributed by atoms with Crippen molar-refractivity contribution in [1.82, 2.24) is 15.2 Å². The van der Waals surface area contributed by atoms with E-state index >= 15 is 0 Å². The molecule has 2 heterocycles. The van der Waals surface area contributed by atoms with Crippen LogP contribution in [0.5, 0.6) is 0 Å². The van der Waals surface area contributed by atoms with Crippen LogP contribution in [0.15, 0.2) is 42.2 Å². The van der Waals surface area contributed by atoms with Gasteiger partial charge in [-0.15, -0.1) is 0 Å². The Bertz CT molecular complexity index is 775. The van der Waals surface area contributed by atoms with Crippen molar-refractivity contribution in [1.29, 1.82) is 0 Å². The first kappa shape index (κ1) is 16.6. The Labute approximate surface area is 150 Å². The second kappa shape index (κ2) is 7.14. The maximum atomic E-state index is 4.35. The van der Waals surface area contributed by atoms with Crippen LogP contribution >= 0.6 is 0 Å². The van der Waals surface area contributed by atoms with E-state index in [1.165, 1.54) is 41.3 Å². The molecule has 1 aromatic heterocycles. The molecule has 132 valence electrons. The number of piperidine rings is 1. The first-order valence-electron chi connectivity index (χ1n) is 9.38. The highest BCUT2D eigenvalue weighted by atomic mass is 15.0. The predicted octanol–water partition coefficient (Wildman–Crippen LogP) is 3.37. The van der Waals surface area contributed by atoms with E-state index < -0.39 is 0 Å². The van der Waals surface area contributed by atoms with E-state index in [1.807, 2.05) is 12.4 Å². The van der Waals surface area contributed by atoms with Gasteiger partial charge in [0.15, 0.2) is 0 Å². The van der Waals surface area contributed by atoms with Crippen molar-refractivity contribution in [2.24, 2.45) is 0 Å². The molecular formula is C21H28N4. The molecule has 0 radical (unpaired) electrons. The van der Waals surface area contributed by atoms with Crippen LogP contribution in [-0.2, 0) is 0 Å². The van der Waals surface area contributed by atoms with Crippen LogP contribution in [0.1, 0.15) is 30.7 Å². The van der Waals surface area contributed by atoms with Gasteiger partial charge in [-0.25, -0.2) is 0 Å². The van der Waals surface area contributed by atoms with E-state index in [0.717, 1.165) is 19.6 Å². The van der Waals surface area contributed by atoms with Gasteiger partial charge in [-0.1, -0.05) is 17.7 Å². The molecular weight excluding hydrogens is 308 g/mol. The molecule has 0 saturated carbocycles. The molecule has 0 bridgehead atoms. The summed E-state index contributed by atoms with van der Waals surface area (Å²) in [7, 11) is 4.27. The lowest BCUT2D eigenvalue weighted by Gasteiger charge is -2.30. The highest BCUT2D eigenvalue weighted by Crippen LogP contribution is 2.38. The van der Waals surface area contributed by atoms with Crippen molar-refractivity contribution in [3.63, 3.8) is 0 Å². The molecule has 2 aliphatic rings. The van der Waals surface area contributed by atoms with Gasteiger partial charge in [-0.3, -0.25) is 4.98 Å². The van der Waals surface area contributed by atoms with Gasteiger partial charge >= 0.3 is 0 Å². The largest absolute Gasteiger partial charge is 0.382 e. The van der Waals surface area contributed by atoms with Crippen LogP contribution in [0, 0.1) is 0 Å². The summed E-state index contributed by atoms with van der Waals surface area (Å²) in [6.45, 7) is 3.29. The molecule has 1 unspecified atom stereocenters. The number of fused-ring (bicyclic) bond motifs is 1. The number of nitrogens with one attached hydrogen (secondary N) is 2. The number of rotatable bonds is 5. The molecule has 4 nitrogen and oxygen atoms in total.